The highest BCUT2D eigenvalue weighted by Crippen LogP contribution is 2.36. The second kappa shape index (κ2) is 8.99. The molecule has 0 atom stereocenters. The van der Waals surface area contributed by atoms with Gasteiger partial charge >= 0.3 is 5.97 Å². The minimum absolute atomic E-state index is 0.0551. The summed E-state index contributed by atoms with van der Waals surface area (Å²) >= 11 is 0. The van der Waals surface area contributed by atoms with E-state index < -0.39 is 16.0 Å². The molecule has 0 aromatic heterocycles. The van der Waals surface area contributed by atoms with Crippen LogP contribution in [0.3, 0.4) is 0 Å². The van der Waals surface area contributed by atoms with Crippen molar-refractivity contribution >= 4 is 21.7 Å². The summed E-state index contributed by atoms with van der Waals surface area (Å²) in [7, 11) is -2.51. The van der Waals surface area contributed by atoms with Crippen molar-refractivity contribution in [1.82, 2.24) is 0 Å². The summed E-state index contributed by atoms with van der Waals surface area (Å²) in [6.45, 7) is 12.3. The third-order valence-corrected chi connectivity index (χ3v) is 6.42. The molecule has 0 saturated carbocycles. The Labute approximate surface area is 174 Å². The van der Waals surface area contributed by atoms with Gasteiger partial charge in [-0.15, -0.1) is 0 Å². The van der Waals surface area contributed by atoms with Crippen LogP contribution in [-0.2, 0) is 14.8 Å². The molecule has 0 unspecified atom stereocenters. The first kappa shape index (κ1) is 22.9. The first-order chi connectivity index (χ1) is 13.5. The summed E-state index contributed by atoms with van der Waals surface area (Å²) in [6.07, 6.45) is 0. The van der Waals surface area contributed by atoms with E-state index in [0.29, 0.717) is 22.1 Å². The maximum absolute atomic E-state index is 13.4. The van der Waals surface area contributed by atoms with E-state index in [1.807, 2.05) is 39.8 Å². The van der Waals surface area contributed by atoms with Gasteiger partial charge in [-0.05, 0) is 58.7 Å². The molecule has 0 aliphatic carbocycles. The summed E-state index contributed by atoms with van der Waals surface area (Å²) in [5, 5.41) is 0. The van der Waals surface area contributed by atoms with Crippen LogP contribution in [0.4, 0.5) is 5.69 Å². The molecule has 0 saturated heterocycles. The Balaban J connectivity index is 2.57. The van der Waals surface area contributed by atoms with Crippen molar-refractivity contribution in [3.63, 3.8) is 0 Å². The molecular weight excluding hydrogens is 386 g/mol. The molecule has 0 spiro atoms. The molecular formula is C23H31NO4S. The van der Waals surface area contributed by atoms with Crippen LogP contribution in [0.15, 0.2) is 41.3 Å². The monoisotopic (exact) mass is 417 g/mol. The number of anilines is 1. The summed E-state index contributed by atoms with van der Waals surface area (Å²) < 4.78 is 34.2. The Hall–Kier alpha value is -2.34. The number of hydrogen-bond acceptors (Lipinski definition) is 4. The highest BCUT2D eigenvalue weighted by molar-refractivity contribution is 7.92. The van der Waals surface area contributed by atoms with Crippen molar-refractivity contribution < 1.29 is 17.9 Å². The number of hydrogen-bond donors (Lipinski definition) is 1. The van der Waals surface area contributed by atoms with E-state index in [9.17, 15) is 13.2 Å². The van der Waals surface area contributed by atoms with Crippen LogP contribution in [0.1, 0.15) is 86.3 Å². The lowest BCUT2D eigenvalue weighted by molar-refractivity contribution is 0.0600. The number of carbonyl (C=O) groups is 1. The lowest BCUT2D eigenvalue weighted by Gasteiger charge is -2.23. The maximum Gasteiger partial charge on any atom is 0.337 e. The fraction of sp³-hybridized carbons (Fsp3) is 0.435. The second-order valence-corrected chi connectivity index (χ2v) is 9.79. The summed E-state index contributed by atoms with van der Waals surface area (Å²) in [4.78, 5) is 11.9. The van der Waals surface area contributed by atoms with Crippen LogP contribution < -0.4 is 4.72 Å². The van der Waals surface area contributed by atoms with Gasteiger partial charge in [0.2, 0.25) is 0 Å². The highest BCUT2D eigenvalue weighted by Gasteiger charge is 2.27. The SMILES string of the molecule is COC(=O)c1ccc(NS(=O)(=O)c2c(C(C)C)cc(C(C)C)cc2C(C)C)cc1. The average Bonchev–Trinajstić information content (AvgIpc) is 2.66. The first-order valence-corrected chi connectivity index (χ1v) is 11.3. The molecule has 5 nitrogen and oxygen atoms in total. The predicted molar refractivity (Wildman–Crippen MR) is 117 cm³/mol. The van der Waals surface area contributed by atoms with Gasteiger partial charge in [0.25, 0.3) is 10.0 Å². The molecule has 1 N–H and O–H groups in total. The fourth-order valence-corrected chi connectivity index (χ4v) is 4.96. The van der Waals surface area contributed by atoms with E-state index in [1.165, 1.54) is 19.2 Å². The number of sulfonamides is 1. The number of nitrogens with one attached hydrogen (secondary N) is 1. The normalized spacial score (nSPS) is 11.9. The van der Waals surface area contributed by atoms with Gasteiger partial charge in [0.05, 0.1) is 17.6 Å². The quantitative estimate of drug-likeness (QED) is 0.591. The lowest BCUT2D eigenvalue weighted by Crippen LogP contribution is -2.19. The largest absolute Gasteiger partial charge is 0.465 e. The van der Waals surface area contributed by atoms with Gasteiger partial charge in [-0.25, -0.2) is 13.2 Å². The van der Waals surface area contributed by atoms with E-state index in [2.05, 4.69) is 23.3 Å². The van der Waals surface area contributed by atoms with E-state index in [0.717, 1.165) is 16.7 Å². The Kier molecular flexibility index (Phi) is 7.11. The van der Waals surface area contributed by atoms with Gasteiger partial charge < -0.3 is 4.74 Å². The summed E-state index contributed by atoms with van der Waals surface area (Å²) in [6, 6.07) is 10.2. The molecule has 0 heterocycles. The average molecular weight is 418 g/mol. The fourth-order valence-electron chi connectivity index (χ4n) is 3.20. The Morgan fingerprint density at radius 2 is 1.34 bits per heavy atom. The Bertz CT molecular complexity index is 945. The van der Waals surface area contributed by atoms with E-state index in [1.54, 1.807) is 12.1 Å². The van der Waals surface area contributed by atoms with E-state index >= 15 is 0 Å². The lowest BCUT2D eigenvalue weighted by atomic mass is 9.89. The van der Waals surface area contributed by atoms with Crippen LogP contribution in [0.2, 0.25) is 0 Å². The zero-order chi connectivity index (χ0) is 21.9. The standard InChI is InChI=1S/C23H31NO4S/c1-14(2)18-12-20(15(3)4)22(21(13-18)16(5)6)29(26,27)24-19-10-8-17(9-11-19)23(25)28-7/h8-16,24H,1-7H3. The van der Waals surface area contributed by atoms with Crippen molar-refractivity contribution in [3.8, 4) is 0 Å². The predicted octanol–water partition coefficient (Wildman–Crippen LogP) is 5.64. The van der Waals surface area contributed by atoms with E-state index in [4.69, 9.17) is 0 Å². The molecule has 2 aromatic carbocycles. The Morgan fingerprint density at radius 1 is 0.862 bits per heavy atom. The third-order valence-electron chi connectivity index (χ3n) is 4.91. The minimum atomic E-state index is -3.81. The van der Waals surface area contributed by atoms with Gasteiger partial charge in [0, 0.05) is 5.69 Å². The molecule has 0 radical (unpaired) electrons. The van der Waals surface area contributed by atoms with Gasteiger partial charge in [-0.1, -0.05) is 53.7 Å². The van der Waals surface area contributed by atoms with Crippen molar-refractivity contribution in [2.45, 2.75) is 64.2 Å². The van der Waals surface area contributed by atoms with E-state index in [-0.39, 0.29) is 11.8 Å². The molecule has 29 heavy (non-hydrogen) atoms. The van der Waals surface area contributed by atoms with Crippen LogP contribution in [-0.4, -0.2) is 21.5 Å². The number of carbonyl (C=O) groups excluding carboxylic acids is 1. The summed E-state index contributed by atoms with van der Waals surface area (Å²) in [5.74, 6) is -0.0487. The first-order valence-electron chi connectivity index (χ1n) is 9.86. The molecule has 158 valence electrons. The smallest absolute Gasteiger partial charge is 0.337 e. The molecule has 6 heteroatoms. The molecule has 0 fully saturated rings. The molecule has 2 rings (SSSR count). The number of methoxy groups -OCH3 is 1. The van der Waals surface area contributed by atoms with Crippen LogP contribution >= 0.6 is 0 Å². The van der Waals surface area contributed by atoms with Crippen molar-refractivity contribution in [1.29, 1.82) is 0 Å². The molecule has 0 aliphatic heterocycles. The van der Waals surface area contributed by atoms with Crippen molar-refractivity contribution in [2.24, 2.45) is 0 Å². The number of ether oxygens (including phenoxy) is 1. The van der Waals surface area contributed by atoms with Gasteiger partial charge in [-0.2, -0.15) is 0 Å². The highest BCUT2D eigenvalue weighted by atomic mass is 32.2. The molecule has 0 amide bonds. The topological polar surface area (TPSA) is 72.5 Å². The second-order valence-electron chi connectivity index (χ2n) is 8.17. The third kappa shape index (κ3) is 5.18. The number of esters is 1. The van der Waals surface area contributed by atoms with Crippen molar-refractivity contribution in [2.75, 3.05) is 11.8 Å². The summed E-state index contributed by atoms with van der Waals surface area (Å²) in [5.41, 5.74) is 3.54. The Morgan fingerprint density at radius 3 is 1.72 bits per heavy atom. The van der Waals surface area contributed by atoms with Crippen LogP contribution in [0.5, 0.6) is 0 Å². The number of rotatable bonds is 7. The maximum atomic E-state index is 13.4. The van der Waals surface area contributed by atoms with Crippen LogP contribution in [0, 0.1) is 0 Å². The van der Waals surface area contributed by atoms with Gasteiger partial charge in [0.15, 0.2) is 0 Å². The molecule has 0 aliphatic rings. The molecule has 0 bridgehead atoms. The van der Waals surface area contributed by atoms with Gasteiger partial charge in [0.1, 0.15) is 0 Å². The minimum Gasteiger partial charge on any atom is -0.465 e. The zero-order valence-corrected chi connectivity index (χ0v) is 19.1. The van der Waals surface area contributed by atoms with Crippen molar-refractivity contribution in [3.05, 3.63) is 58.7 Å². The number of benzene rings is 2. The van der Waals surface area contributed by atoms with Gasteiger partial charge in [-0.3, -0.25) is 4.72 Å². The zero-order valence-electron chi connectivity index (χ0n) is 18.2. The van der Waals surface area contributed by atoms with Crippen LogP contribution in [0.25, 0.3) is 0 Å². The molecule has 2 aromatic rings.